The fourth-order valence-corrected chi connectivity index (χ4v) is 4.88. The molecule has 1 aliphatic carbocycles. The molecule has 31 heavy (non-hydrogen) atoms. The summed E-state index contributed by atoms with van der Waals surface area (Å²) in [5, 5.41) is 1.11. The van der Waals surface area contributed by atoms with Crippen molar-refractivity contribution in [2.24, 2.45) is 0 Å². The molecule has 4 aromatic rings. The Balaban J connectivity index is 1.26. The number of likely N-dealkylation sites (N-methyl/N-ethyl adjacent to an activating group) is 1. The molecule has 0 N–H and O–H groups in total. The second-order valence-corrected chi connectivity index (χ2v) is 8.62. The highest BCUT2D eigenvalue weighted by Crippen LogP contribution is 2.46. The van der Waals surface area contributed by atoms with Crippen molar-refractivity contribution in [1.82, 2.24) is 4.90 Å². The van der Waals surface area contributed by atoms with E-state index < -0.39 is 0 Å². The van der Waals surface area contributed by atoms with Crippen LogP contribution in [0.5, 0.6) is 0 Å². The Labute approximate surface area is 183 Å². The molecule has 1 atom stereocenters. The highest BCUT2D eigenvalue weighted by Gasteiger charge is 2.28. The van der Waals surface area contributed by atoms with Crippen LogP contribution in [0.1, 0.15) is 42.4 Å². The quantitative estimate of drug-likeness (QED) is 0.368. The van der Waals surface area contributed by atoms with Crippen molar-refractivity contribution >= 4 is 16.9 Å². The number of nitrogens with zero attached hydrogens (tertiary/aromatic N) is 1. The van der Waals surface area contributed by atoms with Crippen LogP contribution in [0.4, 0.5) is 0 Å². The fourth-order valence-electron chi connectivity index (χ4n) is 4.88. The maximum Gasteiger partial charge on any atom is 0.222 e. The summed E-state index contributed by atoms with van der Waals surface area (Å²) >= 11 is 0. The molecule has 3 aromatic carbocycles. The summed E-state index contributed by atoms with van der Waals surface area (Å²) in [5.41, 5.74) is 7.44. The lowest BCUT2D eigenvalue weighted by atomic mass is 9.92. The number of hydrogen-bond acceptors (Lipinski definition) is 2. The summed E-state index contributed by atoms with van der Waals surface area (Å²) in [6.45, 7) is 2.12. The van der Waals surface area contributed by atoms with Crippen molar-refractivity contribution in [3.8, 4) is 11.1 Å². The van der Waals surface area contributed by atoms with Crippen molar-refractivity contribution in [3.05, 3.63) is 95.7 Å². The Bertz CT molecular complexity index is 1190. The van der Waals surface area contributed by atoms with Gasteiger partial charge in [-0.3, -0.25) is 4.79 Å². The average molecular weight is 410 g/mol. The van der Waals surface area contributed by atoms with Gasteiger partial charge in [-0.05, 0) is 65.8 Å². The van der Waals surface area contributed by atoms with Crippen LogP contribution >= 0.6 is 0 Å². The number of hydrogen-bond donors (Lipinski definition) is 0. The van der Waals surface area contributed by atoms with Gasteiger partial charge in [-0.25, -0.2) is 0 Å². The molecular formula is C28H27NO2. The van der Waals surface area contributed by atoms with E-state index in [1.54, 1.807) is 6.26 Å². The van der Waals surface area contributed by atoms with Gasteiger partial charge in [-0.2, -0.15) is 0 Å². The Morgan fingerprint density at radius 2 is 1.65 bits per heavy atom. The van der Waals surface area contributed by atoms with Crippen molar-refractivity contribution in [1.29, 1.82) is 0 Å². The molecular weight excluding hydrogens is 382 g/mol. The Morgan fingerprint density at radius 3 is 2.35 bits per heavy atom. The number of carbonyl (C=O) groups excluding carboxylic acids is 1. The van der Waals surface area contributed by atoms with Crippen LogP contribution in [0.15, 0.2) is 83.5 Å². The van der Waals surface area contributed by atoms with Gasteiger partial charge in [0.2, 0.25) is 5.91 Å². The van der Waals surface area contributed by atoms with E-state index in [9.17, 15) is 4.79 Å². The minimum atomic E-state index is 0.139. The number of carbonyl (C=O) groups is 1. The average Bonchev–Trinajstić information content (AvgIpc) is 3.39. The van der Waals surface area contributed by atoms with Crippen LogP contribution in [0.25, 0.3) is 22.1 Å². The van der Waals surface area contributed by atoms with E-state index in [4.69, 9.17) is 4.42 Å². The maximum absolute atomic E-state index is 13.0. The summed E-state index contributed by atoms with van der Waals surface area (Å²) in [5.74, 6) is 0.502. The molecule has 1 aliphatic rings. The molecule has 156 valence electrons. The minimum absolute atomic E-state index is 0.139. The van der Waals surface area contributed by atoms with Gasteiger partial charge in [-0.15, -0.1) is 0 Å². The van der Waals surface area contributed by atoms with E-state index in [1.807, 2.05) is 24.1 Å². The lowest BCUT2D eigenvalue weighted by Gasteiger charge is -2.26. The number of fused-ring (bicyclic) bond motifs is 4. The summed E-state index contributed by atoms with van der Waals surface area (Å²) in [7, 11) is 1.93. The first kappa shape index (κ1) is 19.6. The summed E-state index contributed by atoms with van der Waals surface area (Å²) < 4.78 is 5.43. The van der Waals surface area contributed by atoms with Gasteiger partial charge in [-0.1, -0.05) is 54.6 Å². The molecule has 0 radical (unpaired) electrons. The van der Waals surface area contributed by atoms with Crippen LogP contribution in [-0.2, 0) is 11.2 Å². The van der Waals surface area contributed by atoms with Crippen LogP contribution in [-0.4, -0.2) is 23.9 Å². The van der Waals surface area contributed by atoms with Gasteiger partial charge < -0.3 is 9.32 Å². The first-order valence-electron chi connectivity index (χ1n) is 11.0. The fraction of sp³-hybridized carbons (Fsp3) is 0.250. The van der Waals surface area contributed by atoms with E-state index in [-0.39, 0.29) is 11.9 Å². The smallest absolute Gasteiger partial charge is 0.222 e. The zero-order valence-electron chi connectivity index (χ0n) is 18.0. The Hall–Kier alpha value is -3.33. The SMILES string of the molecule is CC(Cc1ccc2occc2c1)N(C)C(=O)CCC1c2ccccc2-c2ccccc21. The molecule has 0 saturated carbocycles. The molecule has 0 aliphatic heterocycles. The highest BCUT2D eigenvalue weighted by molar-refractivity contribution is 5.80. The number of amides is 1. The Morgan fingerprint density at radius 1 is 0.968 bits per heavy atom. The van der Waals surface area contributed by atoms with Crippen molar-refractivity contribution < 1.29 is 9.21 Å². The van der Waals surface area contributed by atoms with Gasteiger partial charge >= 0.3 is 0 Å². The molecule has 0 saturated heterocycles. The number of rotatable bonds is 6. The molecule has 5 rings (SSSR count). The van der Waals surface area contributed by atoms with Gasteiger partial charge in [0, 0.05) is 30.8 Å². The molecule has 0 fully saturated rings. The second-order valence-electron chi connectivity index (χ2n) is 8.62. The molecule has 0 spiro atoms. The highest BCUT2D eigenvalue weighted by atomic mass is 16.3. The predicted octanol–water partition coefficient (Wildman–Crippen LogP) is 6.41. The van der Waals surface area contributed by atoms with E-state index in [2.05, 4.69) is 67.6 Å². The molecule has 1 unspecified atom stereocenters. The van der Waals surface area contributed by atoms with Crippen molar-refractivity contribution in [3.63, 3.8) is 0 Å². The van der Waals surface area contributed by atoms with Crippen LogP contribution in [0.2, 0.25) is 0 Å². The monoisotopic (exact) mass is 409 g/mol. The van der Waals surface area contributed by atoms with Crippen molar-refractivity contribution in [2.45, 2.75) is 38.1 Å². The lowest BCUT2D eigenvalue weighted by molar-refractivity contribution is -0.131. The second kappa shape index (κ2) is 8.07. The molecule has 1 aromatic heterocycles. The lowest BCUT2D eigenvalue weighted by Crippen LogP contribution is -2.36. The largest absolute Gasteiger partial charge is 0.464 e. The summed E-state index contributed by atoms with van der Waals surface area (Å²) in [6, 6.07) is 25.6. The van der Waals surface area contributed by atoms with Crippen LogP contribution < -0.4 is 0 Å². The van der Waals surface area contributed by atoms with Gasteiger partial charge in [0.25, 0.3) is 0 Å². The van der Waals surface area contributed by atoms with E-state index >= 15 is 0 Å². The first-order valence-corrected chi connectivity index (χ1v) is 11.0. The summed E-state index contributed by atoms with van der Waals surface area (Å²) in [6.07, 6.45) is 3.94. The third-order valence-electron chi connectivity index (χ3n) is 6.71. The molecule has 3 nitrogen and oxygen atoms in total. The van der Waals surface area contributed by atoms with Gasteiger partial charge in [0.05, 0.1) is 6.26 Å². The zero-order chi connectivity index (χ0) is 21.4. The maximum atomic E-state index is 13.0. The zero-order valence-corrected chi connectivity index (χ0v) is 18.0. The minimum Gasteiger partial charge on any atom is -0.464 e. The van der Waals surface area contributed by atoms with E-state index in [1.165, 1.54) is 27.8 Å². The predicted molar refractivity (Wildman–Crippen MR) is 125 cm³/mol. The Kier molecular flexibility index (Phi) is 5.11. The topological polar surface area (TPSA) is 33.5 Å². The standard InChI is InChI=1S/C28H27NO2/c1-19(17-20-11-13-27-21(18-20)15-16-31-27)29(2)28(30)14-12-26-24-9-5-3-7-22(24)23-8-4-6-10-25(23)26/h3-11,13,15-16,18-19,26H,12,14,17H2,1-2H3. The third kappa shape index (κ3) is 3.65. The number of benzene rings is 3. The van der Waals surface area contributed by atoms with Crippen LogP contribution in [0, 0.1) is 0 Å². The molecule has 0 bridgehead atoms. The van der Waals surface area contributed by atoms with Crippen molar-refractivity contribution in [2.75, 3.05) is 7.05 Å². The molecule has 1 heterocycles. The first-order chi connectivity index (χ1) is 15.1. The summed E-state index contributed by atoms with van der Waals surface area (Å²) in [4.78, 5) is 14.9. The van der Waals surface area contributed by atoms with Crippen LogP contribution in [0.3, 0.4) is 0 Å². The third-order valence-corrected chi connectivity index (χ3v) is 6.71. The number of furan rings is 1. The molecule has 1 amide bonds. The van der Waals surface area contributed by atoms with Gasteiger partial charge in [0.1, 0.15) is 5.58 Å². The van der Waals surface area contributed by atoms with E-state index in [0.717, 1.165) is 23.8 Å². The van der Waals surface area contributed by atoms with E-state index in [0.29, 0.717) is 12.3 Å². The van der Waals surface area contributed by atoms with Gasteiger partial charge in [0.15, 0.2) is 0 Å². The normalized spacial score (nSPS) is 13.7. The molecule has 3 heteroatoms.